The van der Waals surface area contributed by atoms with Crippen LogP contribution < -0.4 is 31.1 Å². The summed E-state index contributed by atoms with van der Waals surface area (Å²) in [5, 5.41) is 4.38. The number of furan rings is 2. The minimum Gasteiger partial charge on any atom is -0.454 e. The van der Waals surface area contributed by atoms with Gasteiger partial charge in [-0.3, -0.25) is 0 Å². The lowest BCUT2D eigenvalue weighted by molar-refractivity contribution is 0.587. The van der Waals surface area contributed by atoms with Gasteiger partial charge in [-0.15, -0.1) is 0 Å². The monoisotopic (exact) mass is 1220 g/mol. The highest BCUT2D eigenvalue weighted by Crippen LogP contribution is 2.52. The summed E-state index contributed by atoms with van der Waals surface area (Å²) in [6, 6.07) is 76.5. The Kier molecular flexibility index (Phi) is 13.3. The van der Waals surface area contributed by atoms with E-state index in [1.54, 1.807) is 0 Å². The summed E-state index contributed by atoms with van der Waals surface area (Å²) >= 11 is 0. The minimum atomic E-state index is -0.202. The Hall–Kier alpha value is -9.20. The third-order valence-corrected chi connectivity index (χ3v) is 20.1. The number of benzene rings is 10. The maximum Gasteiger partial charge on any atom is 0.252 e. The van der Waals surface area contributed by atoms with Crippen molar-refractivity contribution in [3.05, 3.63) is 234 Å². The first-order chi connectivity index (χ1) is 43.9. The van der Waals surface area contributed by atoms with Gasteiger partial charge >= 0.3 is 0 Å². The summed E-state index contributed by atoms with van der Waals surface area (Å²) in [5.41, 5.74) is 27.3. The van der Waals surface area contributed by atoms with Crippen LogP contribution in [0, 0.1) is 0 Å². The zero-order chi connectivity index (χ0) is 65.4. The molecule has 13 aromatic rings. The Labute approximate surface area is 550 Å². The summed E-state index contributed by atoms with van der Waals surface area (Å²) in [6.45, 7) is 41.2. The lowest BCUT2D eigenvalue weighted by atomic mass is 9.33. The molecule has 15 rings (SSSR count). The predicted octanol–water partition coefficient (Wildman–Crippen LogP) is 22.8. The molecule has 0 N–H and O–H groups in total. The van der Waals surface area contributed by atoms with E-state index in [-0.39, 0.29) is 39.2 Å². The van der Waals surface area contributed by atoms with Gasteiger partial charge in [0.15, 0.2) is 11.2 Å². The van der Waals surface area contributed by atoms with Crippen molar-refractivity contribution >= 4 is 129 Å². The van der Waals surface area contributed by atoms with E-state index >= 15 is 0 Å². The number of hydrogen-bond donors (Lipinski definition) is 0. The molecule has 0 aliphatic carbocycles. The van der Waals surface area contributed by atoms with Crippen LogP contribution >= 0.6 is 0 Å². The topological polar surface area (TPSA) is 40.9 Å². The molecule has 0 amide bonds. The molecule has 466 valence electrons. The largest absolute Gasteiger partial charge is 0.454 e. The van der Waals surface area contributed by atoms with E-state index in [2.05, 4.69) is 344 Å². The summed E-state index contributed by atoms with van der Waals surface area (Å²) in [6.07, 6.45) is 0. The molecule has 93 heavy (non-hydrogen) atoms. The molecule has 0 atom stereocenters. The highest BCUT2D eigenvalue weighted by Gasteiger charge is 2.45. The Morgan fingerprint density at radius 1 is 0.290 bits per heavy atom. The van der Waals surface area contributed by atoms with Crippen LogP contribution in [0.1, 0.15) is 158 Å². The number of para-hydroxylation sites is 2. The second-order valence-corrected chi connectivity index (χ2v) is 32.8. The summed E-state index contributed by atoms with van der Waals surface area (Å²) in [5.74, 6) is 0. The van der Waals surface area contributed by atoms with Crippen molar-refractivity contribution in [2.75, 3.05) is 14.7 Å². The van der Waals surface area contributed by atoms with Crippen molar-refractivity contribution in [2.24, 2.45) is 0 Å². The van der Waals surface area contributed by atoms with E-state index in [1.165, 1.54) is 55.3 Å². The van der Waals surface area contributed by atoms with Crippen LogP contribution in [0.4, 0.5) is 51.2 Å². The van der Waals surface area contributed by atoms with E-state index in [4.69, 9.17) is 8.83 Å². The average molecular weight is 1220 g/mol. The first-order valence-corrected chi connectivity index (χ1v) is 33.5. The van der Waals surface area contributed by atoms with Crippen LogP contribution in [-0.4, -0.2) is 11.3 Å². The molecule has 0 radical (unpaired) electrons. The number of nitrogens with zero attached hydrogens (tertiary/aromatic N) is 4. The molecule has 5 heterocycles. The fourth-order valence-corrected chi connectivity index (χ4v) is 14.7. The van der Waals surface area contributed by atoms with Crippen molar-refractivity contribution in [3.8, 4) is 5.69 Å². The second kappa shape index (κ2) is 20.7. The van der Waals surface area contributed by atoms with Gasteiger partial charge in [-0.1, -0.05) is 222 Å². The zero-order valence-corrected chi connectivity index (χ0v) is 57.7. The van der Waals surface area contributed by atoms with Crippen molar-refractivity contribution in [1.82, 2.24) is 4.57 Å². The molecule has 10 aromatic carbocycles. The summed E-state index contributed by atoms with van der Waals surface area (Å²) in [4.78, 5) is 7.51. The van der Waals surface area contributed by atoms with Crippen LogP contribution in [0.15, 0.2) is 209 Å². The molecule has 0 unspecified atom stereocenters. The molecule has 3 aromatic heterocycles. The van der Waals surface area contributed by atoms with Gasteiger partial charge < -0.3 is 28.1 Å². The maximum atomic E-state index is 7.45. The van der Waals surface area contributed by atoms with E-state index in [0.29, 0.717) is 0 Å². The molecule has 2 aliphatic heterocycles. The minimum absolute atomic E-state index is 0.0202. The van der Waals surface area contributed by atoms with Crippen LogP contribution in [0.25, 0.3) is 60.6 Å². The van der Waals surface area contributed by atoms with Crippen molar-refractivity contribution in [3.63, 3.8) is 0 Å². The standard InChI is InChI=1S/C86H87BN4O2/c1-81(2,3)52-26-35-58(36-27-52)88(59-37-28-53(29-38-59)82(4,5)6)62-43-45-68-71(49-62)90(70-24-21-23-65-64-44-34-56(85(13,14)15)48-75(64)93-79(65)70)72-50-63(89(60-39-30-54(31-40-60)83(7,8)9)61-41-32-55(33-42-61)84(10,11)12)51-73-76(72)87(68)69-47-57(86(16,17)18)46-67-77(69)91(73)78-66-22-19-20-25-74(66)92-80(67)78/h19-51H,1-18H3. The smallest absolute Gasteiger partial charge is 0.252 e. The van der Waals surface area contributed by atoms with Gasteiger partial charge in [0.2, 0.25) is 0 Å². The fraction of sp³-hybridized carbons (Fsp3) is 0.279. The molecule has 6 nitrogen and oxygen atoms in total. The molecule has 2 aliphatic rings. The fourth-order valence-electron chi connectivity index (χ4n) is 14.7. The second-order valence-electron chi connectivity index (χ2n) is 32.8. The van der Waals surface area contributed by atoms with E-state index in [1.807, 2.05) is 0 Å². The van der Waals surface area contributed by atoms with Gasteiger partial charge in [-0.25, -0.2) is 0 Å². The first kappa shape index (κ1) is 60.1. The molecule has 0 bridgehead atoms. The molecule has 0 spiro atoms. The summed E-state index contributed by atoms with van der Waals surface area (Å²) in [7, 11) is 0. The molecule has 0 saturated heterocycles. The van der Waals surface area contributed by atoms with Crippen LogP contribution in [0.5, 0.6) is 0 Å². The molecule has 7 heteroatoms. The quantitative estimate of drug-likeness (QED) is 0.149. The highest BCUT2D eigenvalue weighted by molar-refractivity contribution is 7.00. The van der Waals surface area contributed by atoms with Crippen LogP contribution in [-0.2, 0) is 32.5 Å². The van der Waals surface area contributed by atoms with Gasteiger partial charge in [-0.2, -0.15) is 0 Å². The number of hydrogen-bond acceptors (Lipinski definition) is 5. The van der Waals surface area contributed by atoms with Crippen molar-refractivity contribution in [2.45, 2.75) is 157 Å². The van der Waals surface area contributed by atoms with Crippen LogP contribution in [0.2, 0.25) is 0 Å². The van der Waals surface area contributed by atoms with Gasteiger partial charge in [-0.05, 0) is 185 Å². The lowest BCUT2D eigenvalue weighted by Crippen LogP contribution is -2.60. The van der Waals surface area contributed by atoms with Gasteiger partial charge in [0.1, 0.15) is 16.7 Å². The molecule has 0 fully saturated rings. The third-order valence-electron chi connectivity index (χ3n) is 20.1. The van der Waals surface area contributed by atoms with Crippen LogP contribution in [0.3, 0.4) is 0 Å². The highest BCUT2D eigenvalue weighted by atomic mass is 16.3. The Bertz CT molecular complexity index is 5020. The molecule has 0 saturated carbocycles. The van der Waals surface area contributed by atoms with Crippen molar-refractivity contribution < 1.29 is 8.83 Å². The SMILES string of the molecule is CC(C)(C)c1ccc(N(c2ccc(C(C)(C)C)cc2)c2ccc3c(c2)N(c2cccc4c2oc2cc(C(C)(C)C)ccc24)c2cc(N(c4ccc(C(C)(C)C)cc4)c4ccc(C(C)(C)C)cc4)cc4c2B3c2cc(C(C)(C)C)cc3c5oc6ccccc6c5n-4c23)cc1. The van der Waals surface area contributed by atoms with Gasteiger partial charge in [0.25, 0.3) is 6.71 Å². The van der Waals surface area contributed by atoms with E-state index < -0.39 is 0 Å². The number of fused-ring (bicyclic) bond motifs is 12. The lowest BCUT2D eigenvalue weighted by Gasteiger charge is -2.42. The first-order valence-electron chi connectivity index (χ1n) is 33.5. The van der Waals surface area contributed by atoms with Gasteiger partial charge in [0, 0.05) is 67.0 Å². The molecular weight excluding hydrogens is 1130 g/mol. The van der Waals surface area contributed by atoms with Crippen molar-refractivity contribution in [1.29, 1.82) is 0 Å². The van der Waals surface area contributed by atoms with E-state index in [9.17, 15) is 0 Å². The number of anilines is 9. The number of aromatic nitrogens is 1. The van der Waals surface area contributed by atoms with Gasteiger partial charge in [0.05, 0.1) is 16.9 Å². The summed E-state index contributed by atoms with van der Waals surface area (Å²) < 4.78 is 17.2. The maximum absolute atomic E-state index is 7.45. The normalized spacial score (nSPS) is 13.7. The number of rotatable bonds is 7. The Morgan fingerprint density at radius 2 is 0.742 bits per heavy atom. The molecular formula is C86H87BN4O2. The zero-order valence-electron chi connectivity index (χ0n) is 57.7. The Balaban J connectivity index is 1.10. The van der Waals surface area contributed by atoms with E-state index in [0.717, 1.165) is 106 Å². The predicted molar refractivity (Wildman–Crippen MR) is 399 cm³/mol. The average Bonchev–Trinajstić information content (AvgIpc) is 1.61. The third kappa shape index (κ3) is 9.89. The Morgan fingerprint density at radius 3 is 1.27 bits per heavy atom.